The first kappa shape index (κ1) is 22.6. The summed E-state index contributed by atoms with van der Waals surface area (Å²) < 4.78 is 6.02. The van der Waals surface area contributed by atoms with Crippen LogP contribution in [0.5, 0.6) is 5.75 Å². The van der Waals surface area contributed by atoms with E-state index in [9.17, 15) is 9.59 Å². The predicted octanol–water partition coefficient (Wildman–Crippen LogP) is 3.54. The van der Waals surface area contributed by atoms with E-state index in [0.717, 1.165) is 44.6 Å². The van der Waals surface area contributed by atoms with Gasteiger partial charge in [0, 0.05) is 38.0 Å². The number of nitrogens with zero attached hydrogens (tertiary/aromatic N) is 4. The van der Waals surface area contributed by atoms with Crippen molar-refractivity contribution in [2.75, 3.05) is 18.0 Å². The average Bonchev–Trinajstić information content (AvgIpc) is 3.38. The zero-order valence-corrected chi connectivity index (χ0v) is 19.5. The summed E-state index contributed by atoms with van der Waals surface area (Å²) in [5.74, 6) is 2.41. The summed E-state index contributed by atoms with van der Waals surface area (Å²) in [6.45, 7) is 1.66. The predicted molar refractivity (Wildman–Crippen MR) is 126 cm³/mol. The minimum atomic E-state index is -0.216. The molecule has 1 saturated heterocycles. The van der Waals surface area contributed by atoms with Crippen LogP contribution in [0.4, 0.5) is 5.82 Å². The van der Waals surface area contributed by atoms with E-state index in [0.29, 0.717) is 52.5 Å². The molecule has 0 bridgehead atoms. The monoisotopic (exact) mass is 479 g/mol. The SMILES string of the molecule is N#Cc1ccc(O[C@H]2CC[C@H](NC(=O)c3ccc(N4CC5CC(=O)C[C@H]5C4)nn3)CC2)cc1Cl. The maximum atomic E-state index is 12.7. The maximum Gasteiger partial charge on any atom is 0.272 e. The number of nitriles is 1. The van der Waals surface area contributed by atoms with Gasteiger partial charge in [0.25, 0.3) is 5.91 Å². The summed E-state index contributed by atoms with van der Waals surface area (Å²) in [4.78, 5) is 26.4. The highest BCUT2D eigenvalue weighted by atomic mass is 35.5. The second-order valence-corrected chi connectivity index (χ2v) is 9.87. The number of hydrogen-bond acceptors (Lipinski definition) is 7. The van der Waals surface area contributed by atoms with Crippen LogP contribution in [0, 0.1) is 23.2 Å². The fraction of sp³-hybridized carbons (Fsp3) is 0.480. The molecule has 2 aromatic rings. The molecule has 176 valence electrons. The molecule has 8 nitrogen and oxygen atoms in total. The van der Waals surface area contributed by atoms with Gasteiger partial charge >= 0.3 is 0 Å². The van der Waals surface area contributed by atoms with Crippen molar-refractivity contribution < 1.29 is 14.3 Å². The normalized spacial score (nSPS) is 26.1. The highest BCUT2D eigenvalue weighted by Crippen LogP contribution is 2.37. The van der Waals surface area contributed by atoms with Crippen molar-refractivity contribution in [3.63, 3.8) is 0 Å². The number of Topliss-reactive ketones (excluding diaryl/α,β-unsaturated/α-hetero) is 1. The third-order valence-electron chi connectivity index (χ3n) is 7.14. The van der Waals surface area contributed by atoms with Crippen molar-refractivity contribution in [3.05, 3.63) is 46.6 Å². The Bertz CT molecular complexity index is 1110. The van der Waals surface area contributed by atoms with Crippen LogP contribution in [-0.2, 0) is 4.79 Å². The Hall–Kier alpha value is -3.18. The highest BCUT2D eigenvalue weighted by molar-refractivity contribution is 6.31. The van der Waals surface area contributed by atoms with Gasteiger partial charge in [-0.3, -0.25) is 9.59 Å². The van der Waals surface area contributed by atoms with Crippen molar-refractivity contribution in [1.29, 1.82) is 5.26 Å². The summed E-state index contributed by atoms with van der Waals surface area (Å²) in [7, 11) is 0. The van der Waals surface area contributed by atoms with Gasteiger partial charge in [0.1, 0.15) is 17.6 Å². The number of ketones is 1. The van der Waals surface area contributed by atoms with Gasteiger partial charge in [-0.2, -0.15) is 5.26 Å². The van der Waals surface area contributed by atoms with Gasteiger partial charge in [0.05, 0.1) is 16.7 Å². The van der Waals surface area contributed by atoms with E-state index in [2.05, 4.69) is 20.4 Å². The number of carbonyl (C=O) groups is 2. The number of aromatic nitrogens is 2. The second-order valence-electron chi connectivity index (χ2n) is 9.47. The summed E-state index contributed by atoms with van der Waals surface area (Å²) in [5.41, 5.74) is 0.736. The first-order valence-corrected chi connectivity index (χ1v) is 12.1. The highest BCUT2D eigenvalue weighted by Gasteiger charge is 2.40. The molecular weight excluding hydrogens is 454 g/mol. The van der Waals surface area contributed by atoms with Crippen LogP contribution < -0.4 is 15.0 Å². The largest absolute Gasteiger partial charge is 0.490 e. The van der Waals surface area contributed by atoms with Crippen molar-refractivity contribution in [2.45, 2.75) is 50.7 Å². The van der Waals surface area contributed by atoms with Gasteiger partial charge in [0.2, 0.25) is 0 Å². The molecule has 3 fully saturated rings. The molecule has 1 unspecified atom stereocenters. The number of halogens is 1. The number of amides is 1. The average molecular weight is 480 g/mol. The first-order chi connectivity index (χ1) is 16.5. The molecule has 2 aliphatic carbocycles. The van der Waals surface area contributed by atoms with Gasteiger partial charge in [-0.15, -0.1) is 10.2 Å². The lowest BCUT2D eigenvalue weighted by molar-refractivity contribution is -0.117. The molecule has 34 heavy (non-hydrogen) atoms. The third kappa shape index (κ3) is 4.85. The molecule has 0 radical (unpaired) electrons. The van der Waals surface area contributed by atoms with Gasteiger partial charge in [0.15, 0.2) is 11.5 Å². The van der Waals surface area contributed by atoms with Crippen molar-refractivity contribution in [3.8, 4) is 11.8 Å². The molecule has 9 heteroatoms. The number of carbonyl (C=O) groups excluding carboxylic acids is 2. The smallest absolute Gasteiger partial charge is 0.272 e. The fourth-order valence-electron chi connectivity index (χ4n) is 5.31. The molecular formula is C25H26ClN5O3. The molecule has 2 atom stereocenters. The van der Waals surface area contributed by atoms with E-state index < -0.39 is 0 Å². The molecule has 1 aromatic carbocycles. The van der Waals surface area contributed by atoms with Crippen LogP contribution in [0.1, 0.15) is 54.6 Å². The van der Waals surface area contributed by atoms with E-state index >= 15 is 0 Å². The number of benzene rings is 1. The van der Waals surface area contributed by atoms with Crippen LogP contribution in [0.25, 0.3) is 0 Å². The van der Waals surface area contributed by atoms with E-state index in [1.165, 1.54) is 0 Å². The summed E-state index contributed by atoms with van der Waals surface area (Å²) in [5, 5.41) is 20.9. The third-order valence-corrected chi connectivity index (χ3v) is 7.45. The standard InChI is InChI=1S/C25H26ClN5O3/c26-22-11-21(4-1-15(22)12-27)34-20-5-2-18(3-6-20)28-25(33)23-7-8-24(30-29-23)31-13-16-9-19(32)10-17(16)14-31/h1,4,7-8,11,16-18,20H,2-3,5-6,9-10,13-14H2,(H,28,33)/t16-,17?,18-,20-/m0/s1. The molecule has 2 saturated carbocycles. The Kier molecular flexibility index (Phi) is 6.38. The Morgan fingerprint density at radius 2 is 1.82 bits per heavy atom. The lowest BCUT2D eigenvalue weighted by Gasteiger charge is -2.29. The molecule has 5 rings (SSSR count). The minimum Gasteiger partial charge on any atom is -0.490 e. The molecule has 1 aromatic heterocycles. The summed E-state index contributed by atoms with van der Waals surface area (Å²) in [6.07, 6.45) is 4.63. The number of nitrogens with one attached hydrogen (secondary N) is 1. The van der Waals surface area contributed by atoms with Crippen molar-refractivity contribution in [1.82, 2.24) is 15.5 Å². The van der Waals surface area contributed by atoms with Gasteiger partial charge < -0.3 is 15.0 Å². The second kappa shape index (κ2) is 9.59. The number of anilines is 1. The van der Waals surface area contributed by atoms with E-state index in [-0.39, 0.29) is 18.1 Å². The zero-order chi connectivity index (χ0) is 23.7. The Morgan fingerprint density at radius 1 is 1.09 bits per heavy atom. The summed E-state index contributed by atoms with van der Waals surface area (Å²) >= 11 is 6.08. The van der Waals surface area contributed by atoms with E-state index in [1.54, 1.807) is 24.3 Å². The van der Waals surface area contributed by atoms with Crippen LogP contribution in [0.15, 0.2) is 30.3 Å². The molecule has 1 amide bonds. The lowest BCUT2D eigenvalue weighted by atomic mass is 9.93. The molecule has 1 aliphatic heterocycles. The fourth-order valence-corrected chi connectivity index (χ4v) is 5.52. The number of hydrogen-bond donors (Lipinski definition) is 1. The lowest BCUT2D eigenvalue weighted by Crippen LogP contribution is -2.40. The zero-order valence-electron chi connectivity index (χ0n) is 18.7. The van der Waals surface area contributed by atoms with Gasteiger partial charge in [-0.1, -0.05) is 11.6 Å². The van der Waals surface area contributed by atoms with Crippen LogP contribution in [0.3, 0.4) is 0 Å². The quantitative estimate of drug-likeness (QED) is 0.698. The number of ether oxygens (including phenoxy) is 1. The van der Waals surface area contributed by atoms with E-state index in [1.807, 2.05) is 12.1 Å². The molecule has 1 N–H and O–H groups in total. The maximum absolute atomic E-state index is 12.7. The molecule has 0 spiro atoms. The Balaban J connectivity index is 1.09. The van der Waals surface area contributed by atoms with Crippen LogP contribution in [-0.4, -0.2) is 47.1 Å². The van der Waals surface area contributed by atoms with Crippen LogP contribution in [0.2, 0.25) is 5.02 Å². The molecule has 3 aliphatic rings. The van der Waals surface area contributed by atoms with Crippen molar-refractivity contribution >= 4 is 29.1 Å². The Labute approximate surface area is 203 Å². The minimum absolute atomic E-state index is 0.0477. The Morgan fingerprint density at radius 3 is 2.44 bits per heavy atom. The first-order valence-electron chi connectivity index (χ1n) is 11.8. The van der Waals surface area contributed by atoms with E-state index in [4.69, 9.17) is 21.6 Å². The molecule has 2 heterocycles. The van der Waals surface area contributed by atoms with Crippen LogP contribution >= 0.6 is 11.6 Å². The van der Waals surface area contributed by atoms with Crippen molar-refractivity contribution in [2.24, 2.45) is 11.8 Å². The number of rotatable bonds is 5. The summed E-state index contributed by atoms with van der Waals surface area (Å²) in [6, 6.07) is 10.8. The van der Waals surface area contributed by atoms with Gasteiger partial charge in [-0.25, -0.2) is 0 Å². The topological polar surface area (TPSA) is 108 Å². The number of fused-ring (bicyclic) bond motifs is 1. The van der Waals surface area contributed by atoms with Gasteiger partial charge in [-0.05, 0) is 61.8 Å².